The molecule has 6 aromatic carbocycles. The summed E-state index contributed by atoms with van der Waals surface area (Å²) in [7, 11) is -1.81. The van der Waals surface area contributed by atoms with Crippen LogP contribution >= 0.6 is 7.14 Å². The first-order valence-electron chi connectivity index (χ1n) is 13.2. The van der Waals surface area contributed by atoms with Crippen LogP contribution in [0.2, 0.25) is 0 Å². The molecule has 198 valence electrons. The molecule has 0 fully saturated rings. The van der Waals surface area contributed by atoms with E-state index in [-0.39, 0.29) is 13.4 Å². The van der Waals surface area contributed by atoms with Crippen LogP contribution < -0.4 is 20.7 Å². The van der Waals surface area contributed by atoms with Crippen LogP contribution in [0.25, 0.3) is 32.7 Å². The minimum Gasteiger partial charge on any atom is -0.467 e. The Morgan fingerprint density at radius 1 is 0.650 bits per heavy atom. The Balaban J connectivity index is 1.83. The standard InChI is InChI=1S/C35H29O4P/c1-38-24-39-35-27(23-36)22-26-13-9-11-19-31(26)34(35)33-30-18-10-8-12-25(30)20-21-32(33)40(37,28-14-4-2-5-15-28)29-16-6-3-7-17-29/h2-22,36H,23-24H2,1H3. The Bertz CT molecular complexity index is 1810. The maximum Gasteiger partial charge on any atom is 0.188 e. The molecule has 0 saturated carbocycles. The third-order valence-corrected chi connectivity index (χ3v) is 10.4. The second kappa shape index (κ2) is 11.1. The fourth-order valence-electron chi connectivity index (χ4n) is 5.52. The first-order chi connectivity index (χ1) is 19.7. The van der Waals surface area contributed by atoms with E-state index in [1.165, 1.54) is 0 Å². The maximum atomic E-state index is 15.8. The van der Waals surface area contributed by atoms with E-state index in [9.17, 15) is 5.11 Å². The molecule has 0 unspecified atom stereocenters. The first kappa shape index (κ1) is 26.0. The number of aliphatic hydroxyl groups excluding tert-OH is 1. The topological polar surface area (TPSA) is 55.8 Å². The zero-order valence-electron chi connectivity index (χ0n) is 22.2. The van der Waals surface area contributed by atoms with E-state index < -0.39 is 7.14 Å². The van der Waals surface area contributed by atoms with Gasteiger partial charge >= 0.3 is 0 Å². The van der Waals surface area contributed by atoms with Crippen LogP contribution in [0.4, 0.5) is 0 Å². The zero-order valence-corrected chi connectivity index (χ0v) is 23.1. The van der Waals surface area contributed by atoms with E-state index in [0.29, 0.717) is 16.6 Å². The molecule has 4 nitrogen and oxygen atoms in total. The van der Waals surface area contributed by atoms with Gasteiger partial charge < -0.3 is 19.1 Å². The van der Waals surface area contributed by atoms with Crippen LogP contribution in [-0.4, -0.2) is 19.0 Å². The number of fused-ring (bicyclic) bond motifs is 2. The molecule has 6 rings (SSSR count). The minimum absolute atomic E-state index is 0.00741. The molecular weight excluding hydrogens is 515 g/mol. The van der Waals surface area contributed by atoms with Crippen LogP contribution in [0.15, 0.2) is 127 Å². The van der Waals surface area contributed by atoms with E-state index in [0.717, 1.165) is 43.3 Å². The average Bonchev–Trinajstić information content (AvgIpc) is 3.03. The average molecular weight is 545 g/mol. The number of hydrogen-bond acceptors (Lipinski definition) is 4. The molecule has 0 aliphatic rings. The number of aliphatic hydroxyl groups is 1. The van der Waals surface area contributed by atoms with Gasteiger partial charge in [0.2, 0.25) is 0 Å². The van der Waals surface area contributed by atoms with Crippen LogP contribution in [0, 0.1) is 0 Å². The van der Waals surface area contributed by atoms with Crippen LogP contribution in [0.3, 0.4) is 0 Å². The van der Waals surface area contributed by atoms with Gasteiger partial charge in [0.25, 0.3) is 0 Å². The van der Waals surface area contributed by atoms with Gasteiger partial charge in [0.15, 0.2) is 13.9 Å². The summed E-state index contributed by atoms with van der Waals surface area (Å²) in [5, 5.41) is 16.6. The smallest absolute Gasteiger partial charge is 0.188 e. The first-order valence-corrected chi connectivity index (χ1v) is 14.9. The molecule has 0 atom stereocenters. The van der Waals surface area contributed by atoms with Crippen molar-refractivity contribution in [2.45, 2.75) is 6.61 Å². The van der Waals surface area contributed by atoms with Crippen molar-refractivity contribution in [3.05, 3.63) is 133 Å². The predicted molar refractivity (Wildman–Crippen MR) is 165 cm³/mol. The summed E-state index contributed by atoms with van der Waals surface area (Å²) in [5.74, 6) is 0.522. The highest BCUT2D eigenvalue weighted by Crippen LogP contribution is 2.50. The molecule has 0 spiro atoms. The van der Waals surface area contributed by atoms with Gasteiger partial charge in [-0.2, -0.15) is 0 Å². The highest BCUT2D eigenvalue weighted by molar-refractivity contribution is 7.85. The molecule has 1 N–H and O–H groups in total. The van der Waals surface area contributed by atoms with Gasteiger partial charge in [0.05, 0.1) is 6.61 Å². The predicted octanol–water partition coefficient (Wildman–Crippen LogP) is 6.77. The quantitative estimate of drug-likeness (QED) is 0.170. The van der Waals surface area contributed by atoms with Crippen molar-refractivity contribution in [2.24, 2.45) is 0 Å². The third-order valence-electron chi connectivity index (χ3n) is 7.31. The summed E-state index contributed by atoms with van der Waals surface area (Å²) in [6.07, 6.45) is 0. The molecule has 0 heterocycles. The second-order valence-electron chi connectivity index (χ2n) is 9.63. The monoisotopic (exact) mass is 544 g/mol. The lowest BCUT2D eigenvalue weighted by atomic mass is 9.91. The van der Waals surface area contributed by atoms with Gasteiger partial charge in [0, 0.05) is 39.7 Å². The summed E-state index contributed by atoms with van der Waals surface area (Å²) < 4.78 is 27.3. The fraction of sp³-hybridized carbons (Fsp3) is 0.0857. The number of hydrogen-bond donors (Lipinski definition) is 1. The van der Waals surface area contributed by atoms with Crippen molar-refractivity contribution < 1.29 is 19.1 Å². The Morgan fingerprint density at radius 3 is 1.80 bits per heavy atom. The largest absolute Gasteiger partial charge is 0.467 e. The minimum atomic E-state index is -3.38. The molecular formula is C35H29O4P. The van der Waals surface area contributed by atoms with Crippen molar-refractivity contribution in [1.29, 1.82) is 0 Å². The number of benzene rings is 6. The number of methoxy groups -OCH3 is 1. The van der Waals surface area contributed by atoms with Gasteiger partial charge in [0.1, 0.15) is 5.75 Å². The SMILES string of the molecule is COCOc1c(CO)cc2ccccc2c1-c1c(P(=O)(c2ccccc2)c2ccccc2)ccc2ccccc12. The third kappa shape index (κ3) is 4.41. The van der Waals surface area contributed by atoms with Crippen molar-refractivity contribution in [2.75, 3.05) is 13.9 Å². The Labute approximate surface area is 233 Å². The highest BCUT2D eigenvalue weighted by atomic mass is 31.2. The van der Waals surface area contributed by atoms with Gasteiger partial charge in [-0.15, -0.1) is 0 Å². The molecule has 5 heteroatoms. The molecule has 0 bridgehead atoms. The highest BCUT2D eigenvalue weighted by Gasteiger charge is 2.34. The Kier molecular flexibility index (Phi) is 7.23. The molecule has 0 radical (unpaired) electrons. The van der Waals surface area contributed by atoms with Crippen LogP contribution in [-0.2, 0) is 15.9 Å². The second-order valence-corrected chi connectivity index (χ2v) is 12.4. The summed E-state index contributed by atoms with van der Waals surface area (Å²) >= 11 is 0. The summed E-state index contributed by atoms with van der Waals surface area (Å²) in [6, 6.07) is 41.5. The van der Waals surface area contributed by atoms with Gasteiger partial charge in [-0.05, 0) is 33.7 Å². The molecule has 0 saturated heterocycles. The Morgan fingerprint density at radius 2 is 1.20 bits per heavy atom. The Hall–Kier alpha value is -4.21. The fourth-order valence-corrected chi connectivity index (χ4v) is 8.39. The van der Waals surface area contributed by atoms with Crippen molar-refractivity contribution in [1.82, 2.24) is 0 Å². The summed E-state index contributed by atoms with van der Waals surface area (Å²) in [5.41, 5.74) is 2.25. The summed E-state index contributed by atoms with van der Waals surface area (Å²) in [6.45, 7) is -0.209. The van der Waals surface area contributed by atoms with E-state index in [2.05, 4.69) is 12.1 Å². The van der Waals surface area contributed by atoms with E-state index in [1.807, 2.05) is 115 Å². The number of ether oxygens (including phenoxy) is 2. The van der Waals surface area contributed by atoms with Gasteiger partial charge in [-0.1, -0.05) is 115 Å². The lowest BCUT2D eigenvalue weighted by molar-refractivity contribution is 0.0500. The molecule has 0 amide bonds. The number of rotatable bonds is 8. The normalized spacial score (nSPS) is 11.7. The van der Waals surface area contributed by atoms with Crippen molar-refractivity contribution in [3.8, 4) is 16.9 Å². The zero-order chi connectivity index (χ0) is 27.5. The lowest BCUT2D eigenvalue weighted by Crippen LogP contribution is -2.26. The van der Waals surface area contributed by atoms with E-state index in [4.69, 9.17) is 9.47 Å². The lowest BCUT2D eigenvalue weighted by Gasteiger charge is -2.26. The van der Waals surface area contributed by atoms with Gasteiger partial charge in [-0.3, -0.25) is 0 Å². The maximum absolute atomic E-state index is 15.8. The van der Waals surface area contributed by atoms with E-state index >= 15 is 4.57 Å². The van der Waals surface area contributed by atoms with Gasteiger partial charge in [-0.25, -0.2) is 0 Å². The molecule has 40 heavy (non-hydrogen) atoms. The molecule has 0 aromatic heterocycles. The molecule has 0 aliphatic heterocycles. The van der Waals surface area contributed by atoms with Crippen molar-refractivity contribution >= 4 is 44.6 Å². The summed E-state index contributed by atoms with van der Waals surface area (Å²) in [4.78, 5) is 0. The van der Waals surface area contributed by atoms with Crippen molar-refractivity contribution in [3.63, 3.8) is 0 Å². The van der Waals surface area contributed by atoms with E-state index in [1.54, 1.807) is 7.11 Å². The molecule has 0 aliphatic carbocycles. The molecule has 6 aromatic rings. The van der Waals surface area contributed by atoms with Crippen LogP contribution in [0.1, 0.15) is 5.56 Å². The van der Waals surface area contributed by atoms with Crippen LogP contribution in [0.5, 0.6) is 5.75 Å².